The lowest BCUT2D eigenvalue weighted by Gasteiger charge is -2.33. The summed E-state index contributed by atoms with van der Waals surface area (Å²) in [6.45, 7) is 11.8. The third kappa shape index (κ3) is 10.3. The number of aliphatic imine (C=N–C) groups is 1. The molecule has 2 heterocycles. The molecular formula is C19H35IN4O3. The Labute approximate surface area is 180 Å². The molecule has 0 spiro atoms. The van der Waals surface area contributed by atoms with Gasteiger partial charge in [-0.1, -0.05) is 13.8 Å². The lowest BCUT2D eigenvalue weighted by Crippen LogP contribution is -2.48. The van der Waals surface area contributed by atoms with Gasteiger partial charge in [0, 0.05) is 39.1 Å². The molecule has 0 saturated carbocycles. The molecule has 1 aromatic rings. The number of halogens is 1. The van der Waals surface area contributed by atoms with E-state index in [1.807, 2.05) is 19.1 Å². The molecule has 1 aliphatic rings. The molecule has 2 rings (SSSR count). The first-order valence-electron chi connectivity index (χ1n) is 9.52. The van der Waals surface area contributed by atoms with Gasteiger partial charge in [-0.2, -0.15) is 0 Å². The van der Waals surface area contributed by atoms with E-state index in [1.165, 1.54) is 0 Å². The van der Waals surface area contributed by atoms with E-state index in [0.717, 1.165) is 57.5 Å². The highest BCUT2D eigenvalue weighted by atomic mass is 127. The van der Waals surface area contributed by atoms with Gasteiger partial charge in [0.25, 0.3) is 0 Å². The van der Waals surface area contributed by atoms with Crippen LogP contribution in [0.15, 0.2) is 27.8 Å². The Balaban J connectivity index is 0.00000364. The first-order chi connectivity index (χ1) is 12.4. The first kappa shape index (κ1) is 24.2. The zero-order valence-corrected chi connectivity index (χ0v) is 19.1. The van der Waals surface area contributed by atoms with Crippen LogP contribution in [0.25, 0.3) is 0 Å². The van der Waals surface area contributed by atoms with E-state index in [1.54, 1.807) is 6.26 Å². The van der Waals surface area contributed by atoms with Crippen molar-refractivity contribution in [2.75, 3.05) is 52.5 Å². The number of nitrogens with zero attached hydrogens (tertiary/aromatic N) is 2. The number of nitrogens with one attached hydrogen (secondary N) is 2. The Bertz CT molecular complexity index is 529. The molecule has 7 nitrogen and oxygen atoms in total. The molecule has 1 aromatic heterocycles. The second-order valence-electron chi connectivity index (χ2n) is 7.58. The quantitative estimate of drug-likeness (QED) is 0.276. The van der Waals surface area contributed by atoms with Gasteiger partial charge in [0.2, 0.25) is 0 Å². The van der Waals surface area contributed by atoms with Crippen LogP contribution in [-0.2, 0) is 11.2 Å². The van der Waals surface area contributed by atoms with Gasteiger partial charge in [-0.25, -0.2) is 0 Å². The van der Waals surface area contributed by atoms with Crippen molar-refractivity contribution in [1.82, 2.24) is 15.5 Å². The fourth-order valence-corrected chi connectivity index (χ4v) is 2.77. The largest absolute Gasteiger partial charge is 0.469 e. The van der Waals surface area contributed by atoms with Gasteiger partial charge in [-0.05, 0) is 25.0 Å². The van der Waals surface area contributed by atoms with Gasteiger partial charge < -0.3 is 24.9 Å². The zero-order valence-electron chi connectivity index (χ0n) is 16.7. The summed E-state index contributed by atoms with van der Waals surface area (Å²) in [7, 11) is 0. The average Bonchev–Trinajstić information content (AvgIpc) is 3.10. The van der Waals surface area contributed by atoms with Crippen LogP contribution in [0.3, 0.4) is 0 Å². The topological polar surface area (TPSA) is 82.3 Å². The van der Waals surface area contributed by atoms with Crippen LogP contribution in [0.2, 0.25) is 0 Å². The van der Waals surface area contributed by atoms with Crippen LogP contribution in [0.4, 0.5) is 0 Å². The van der Waals surface area contributed by atoms with E-state index in [4.69, 9.17) is 9.15 Å². The molecule has 1 atom stereocenters. The number of hydrogen-bond donors (Lipinski definition) is 3. The summed E-state index contributed by atoms with van der Waals surface area (Å²) in [6.07, 6.45) is 2.48. The highest BCUT2D eigenvalue weighted by Crippen LogP contribution is 2.09. The van der Waals surface area contributed by atoms with Crippen LogP contribution >= 0.6 is 24.0 Å². The van der Waals surface area contributed by atoms with Crippen LogP contribution in [0, 0.1) is 5.92 Å². The SMILES string of the molecule is CC(C)CNC(=NCC(C)(O)CN1CCOCC1)NCCc1ccco1.I. The fourth-order valence-electron chi connectivity index (χ4n) is 2.77. The van der Waals surface area contributed by atoms with Gasteiger partial charge in [0.1, 0.15) is 5.76 Å². The Morgan fingerprint density at radius 3 is 2.70 bits per heavy atom. The van der Waals surface area contributed by atoms with Crippen LogP contribution in [0.5, 0.6) is 0 Å². The van der Waals surface area contributed by atoms with Crippen molar-refractivity contribution in [3.8, 4) is 0 Å². The Hall–Kier alpha value is -0.840. The summed E-state index contributed by atoms with van der Waals surface area (Å²) >= 11 is 0. The minimum absolute atomic E-state index is 0. The molecular weight excluding hydrogens is 459 g/mol. The predicted octanol–water partition coefficient (Wildman–Crippen LogP) is 1.71. The summed E-state index contributed by atoms with van der Waals surface area (Å²) in [4.78, 5) is 6.83. The summed E-state index contributed by atoms with van der Waals surface area (Å²) < 4.78 is 10.7. The molecule has 1 aliphatic heterocycles. The molecule has 0 aliphatic carbocycles. The molecule has 1 saturated heterocycles. The van der Waals surface area contributed by atoms with E-state index >= 15 is 0 Å². The van der Waals surface area contributed by atoms with Gasteiger partial charge in [-0.15, -0.1) is 24.0 Å². The number of aliphatic hydroxyl groups is 1. The number of furan rings is 1. The van der Waals surface area contributed by atoms with Crippen molar-refractivity contribution in [2.45, 2.75) is 32.8 Å². The number of β-amino-alcohol motifs (C(OH)–C–C–N with tert-alkyl or cyclic N) is 1. The van der Waals surface area contributed by atoms with Crippen molar-refractivity contribution >= 4 is 29.9 Å². The maximum absolute atomic E-state index is 10.7. The smallest absolute Gasteiger partial charge is 0.191 e. The van der Waals surface area contributed by atoms with Gasteiger partial charge in [-0.3, -0.25) is 9.89 Å². The van der Waals surface area contributed by atoms with Crippen LogP contribution < -0.4 is 10.6 Å². The summed E-state index contributed by atoms with van der Waals surface area (Å²) in [5.74, 6) is 2.19. The second kappa shape index (κ2) is 12.6. The lowest BCUT2D eigenvalue weighted by atomic mass is 10.1. The monoisotopic (exact) mass is 494 g/mol. The van der Waals surface area contributed by atoms with E-state index in [-0.39, 0.29) is 24.0 Å². The molecule has 0 aromatic carbocycles. The molecule has 27 heavy (non-hydrogen) atoms. The van der Waals surface area contributed by atoms with Crippen molar-refractivity contribution in [3.05, 3.63) is 24.2 Å². The number of ether oxygens (including phenoxy) is 1. The Kier molecular flexibility index (Phi) is 11.3. The summed E-state index contributed by atoms with van der Waals surface area (Å²) in [5.41, 5.74) is -0.870. The summed E-state index contributed by atoms with van der Waals surface area (Å²) in [6, 6.07) is 3.86. The first-order valence-corrected chi connectivity index (χ1v) is 9.52. The molecule has 156 valence electrons. The molecule has 8 heteroatoms. The predicted molar refractivity (Wildman–Crippen MR) is 119 cm³/mol. The minimum atomic E-state index is -0.870. The van der Waals surface area contributed by atoms with Crippen molar-refractivity contribution < 1.29 is 14.3 Å². The van der Waals surface area contributed by atoms with E-state index < -0.39 is 5.60 Å². The van der Waals surface area contributed by atoms with Gasteiger partial charge in [0.05, 0.1) is 31.6 Å². The third-order valence-corrected chi connectivity index (χ3v) is 4.17. The number of hydrogen-bond acceptors (Lipinski definition) is 5. The van der Waals surface area contributed by atoms with Gasteiger partial charge >= 0.3 is 0 Å². The lowest BCUT2D eigenvalue weighted by molar-refractivity contribution is -0.0180. The molecule has 1 fully saturated rings. The highest BCUT2D eigenvalue weighted by molar-refractivity contribution is 14.0. The maximum atomic E-state index is 10.7. The Morgan fingerprint density at radius 2 is 2.07 bits per heavy atom. The van der Waals surface area contributed by atoms with Crippen molar-refractivity contribution in [2.24, 2.45) is 10.9 Å². The van der Waals surface area contributed by atoms with Crippen molar-refractivity contribution in [3.63, 3.8) is 0 Å². The van der Waals surface area contributed by atoms with Crippen molar-refractivity contribution in [1.29, 1.82) is 0 Å². The molecule has 0 bridgehead atoms. The average molecular weight is 494 g/mol. The maximum Gasteiger partial charge on any atom is 0.191 e. The Morgan fingerprint density at radius 1 is 1.33 bits per heavy atom. The van der Waals surface area contributed by atoms with Crippen LogP contribution in [0.1, 0.15) is 26.5 Å². The van der Waals surface area contributed by atoms with E-state index in [0.29, 0.717) is 19.0 Å². The number of morpholine rings is 1. The molecule has 0 radical (unpaired) electrons. The summed E-state index contributed by atoms with van der Waals surface area (Å²) in [5, 5.41) is 17.4. The minimum Gasteiger partial charge on any atom is -0.469 e. The van der Waals surface area contributed by atoms with E-state index in [2.05, 4.69) is 34.4 Å². The molecule has 1 unspecified atom stereocenters. The third-order valence-electron chi connectivity index (χ3n) is 4.17. The highest BCUT2D eigenvalue weighted by Gasteiger charge is 2.25. The van der Waals surface area contributed by atoms with Crippen LogP contribution in [-0.4, -0.2) is 74.0 Å². The normalized spacial score (nSPS) is 18.0. The molecule has 0 amide bonds. The standard InChI is InChI=1S/C19H34N4O3.HI/c1-16(2)13-21-18(20-7-6-17-5-4-10-26-17)22-14-19(3,24)15-23-8-11-25-12-9-23;/h4-5,10,16,24H,6-9,11-15H2,1-3H3,(H2,20,21,22);1H. The zero-order chi connectivity index (χ0) is 18.8. The van der Waals surface area contributed by atoms with Gasteiger partial charge in [0.15, 0.2) is 5.96 Å². The fraction of sp³-hybridized carbons (Fsp3) is 0.737. The van der Waals surface area contributed by atoms with E-state index in [9.17, 15) is 5.11 Å². The second-order valence-corrected chi connectivity index (χ2v) is 7.58. The number of guanidine groups is 1. The number of rotatable bonds is 9. The molecule has 3 N–H and O–H groups in total.